The van der Waals surface area contributed by atoms with E-state index in [9.17, 15) is 14.9 Å². The van der Waals surface area contributed by atoms with Gasteiger partial charge in [-0.25, -0.2) is 4.79 Å². The highest BCUT2D eigenvalue weighted by atomic mass is 16.2. The average molecular weight is 332 g/mol. The molecule has 1 aliphatic carbocycles. The fourth-order valence-corrected chi connectivity index (χ4v) is 3.03. The van der Waals surface area contributed by atoms with Gasteiger partial charge in [-0.3, -0.25) is 14.8 Å². The van der Waals surface area contributed by atoms with Gasteiger partial charge in [0.15, 0.2) is 5.69 Å². The first-order valence-electron chi connectivity index (χ1n) is 7.67. The second-order valence-electron chi connectivity index (χ2n) is 5.86. The number of pyridine rings is 1. The van der Waals surface area contributed by atoms with E-state index in [-0.39, 0.29) is 17.2 Å². The molecular weight excluding hydrogens is 320 g/mol. The van der Waals surface area contributed by atoms with Crippen molar-refractivity contribution in [3.8, 4) is 17.3 Å². The summed E-state index contributed by atoms with van der Waals surface area (Å²) in [6, 6.07) is 7.68. The van der Waals surface area contributed by atoms with Gasteiger partial charge >= 0.3 is 5.69 Å². The molecule has 0 spiro atoms. The van der Waals surface area contributed by atoms with Gasteiger partial charge in [-0.05, 0) is 47.6 Å². The monoisotopic (exact) mass is 332 g/mol. The van der Waals surface area contributed by atoms with E-state index in [1.807, 2.05) is 12.1 Å². The Morgan fingerprint density at radius 2 is 1.96 bits per heavy atom. The highest BCUT2D eigenvalue weighted by molar-refractivity contribution is 5.59. The Labute approximate surface area is 141 Å². The molecule has 3 aromatic heterocycles. The van der Waals surface area contributed by atoms with Crippen LogP contribution < -0.4 is 11.2 Å². The minimum atomic E-state index is -0.587. The molecule has 0 aliphatic heterocycles. The quantitative estimate of drug-likeness (QED) is 0.738. The first-order valence-corrected chi connectivity index (χ1v) is 7.67. The van der Waals surface area contributed by atoms with Crippen LogP contribution in [0.15, 0.2) is 46.4 Å². The summed E-state index contributed by atoms with van der Waals surface area (Å²) < 4.78 is 0. The highest BCUT2D eigenvalue weighted by Gasteiger charge is 2.41. The molecule has 0 radical (unpaired) electrons. The summed E-state index contributed by atoms with van der Waals surface area (Å²) in [5, 5.41) is 17.2. The maximum atomic E-state index is 12.0. The van der Waals surface area contributed by atoms with Crippen LogP contribution in [0.5, 0.6) is 0 Å². The van der Waals surface area contributed by atoms with E-state index in [4.69, 9.17) is 0 Å². The molecular formula is C17H12N6O2. The highest BCUT2D eigenvalue weighted by Crippen LogP contribution is 2.55. The number of H-pyrrole nitrogens is 2. The smallest absolute Gasteiger partial charge is 0.313 e. The summed E-state index contributed by atoms with van der Waals surface area (Å²) in [7, 11) is 0. The fraction of sp³-hybridized carbons (Fsp3) is 0.176. The molecule has 2 atom stereocenters. The number of nitrogens with one attached hydrogen (secondary N) is 2. The maximum Gasteiger partial charge on any atom is 0.325 e. The minimum absolute atomic E-state index is 0.146. The second kappa shape index (κ2) is 5.79. The van der Waals surface area contributed by atoms with Crippen LogP contribution in [-0.2, 0) is 0 Å². The Bertz CT molecular complexity index is 1100. The van der Waals surface area contributed by atoms with Gasteiger partial charge in [0.2, 0.25) is 0 Å². The molecule has 0 unspecified atom stereocenters. The lowest BCUT2D eigenvalue weighted by Gasteiger charge is -2.05. The molecule has 0 saturated heterocycles. The van der Waals surface area contributed by atoms with E-state index in [1.54, 1.807) is 18.5 Å². The normalized spacial score (nSPS) is 18.5. The molecule has 8 heteroatoms. The van der Waals surface area contributed by atoms with E-state index < -0.39 is 11.2 Å². The third kappa shape index (κ3) is 2.72. The molecule has 0 aromatic carbocycles. The third-order valence-electron chi connectivity index (χ3n) is 4.35. The van der Waals surface area contributed by atoms with Crippen molar-refractivity contribution in [2.45, 2.75) is 18.3 Å². The zero-order valence-corrected chi connectivity index (χ0v) is 12.9. The van der Waals surface area contributed by atoms with Crippen molar-refractivity contribution in [2.75, 3.05) is 0 Å². The summed E-state index contributed by atoms with van der Waals surface area (Å²) in [5.74, 6) is 0.439. The Hall–Kier alpha value is -3.60. The lowest BCUT2D eigenvalue weighted by atomic mass is 10.0. The number of hydrogen-bond donors (Lipinski definition) is 2. The van der Waals surface area contributed by atoms with Crippen molar-refractivity contribution in [3.63, 3.8) is 0 Å². The molecule has 3 heterocycles. The number of hydrogen-bond acceptors (Lipinski definition) is 6. The van der Waals surface area contributed by atoms with E-state index in [1.165, 1.54) is 6.20 Å². The van der Waals surface area contributed by atoms with Gasteiger partial charge in [0.05, 0.1) is 5.56 Å². The van der Waals surface area contributed by atoms with E-state index >= 15 is 0 Å². The Morgan fingerprint density at radius 3 is 2.68 bits per heavy atom. The lowest BCUT2D eigenvalue weighted by molar-refractivity contribution is 0.933. The molecule has 8 nitrogen and oxygen atoms in total. The Kier molecular flexibility index (Phi) is 3.47. The average Bonchev–Trinajstić information content (AvgIpc) is 3.43. The molecule has 3 aromatic rings. The van der Waals surface area contributed by atoms with E-state index in [0.29, 0.717) is 11.6 Å². The number of rotatable bonds is 3. The van der Waals surface area contributed by atoms with Crippen LogP contribution in [0, 0.1) is 11.3 Å². The third-order valence-corrected chi connectivity index (χ3v) is 4.35. The van der Waals surface area contributed by atoms with Crippen LogP contribution in [0.3, 0.4) is 0 Å². The Morgan fingerprint density at radius 1 is 1.16 bits per heavy atom. The summed E-state index contributed by atoms with van der Waals surface area (Å²) in [5.41, 5.74) is 1.58. The minimum Gasteiger partial charge on any atom is -0.313 e. The van der Waals surface area contributed by atoms with Crippen molar-refractivity contribution in [2.24, 2.45) is 0 Å². The van der Waals surface area contributed by atoms with Crippen molar-refractivity contribution in [1.82, 2.24) is 25.1 Å². The topological polar surface area (TPSA) is 128 Å². The summed E-state index contributed by atoms with van der Waals surface area (Å²) in [6.45, 7) is 0. The van der Waals surface area contributed by atoms with Gasteiger partial charge in [-0.1, -0.05) is 0 Å². The molecule has 122 valence electrons. The number of nitrogens with zero attached hydrogens (tertiary/aromatic N) is 4. The largest absolute Gasteiger partial charge is 0.325 e. The summed E-state index contributed by atoms with van der Waals surface area (Å²) >= 11 is 0. The standard InChI is InChI=1S/C17H12N6O2/c18-7-15-12(11-5-10(11)9-1-3-19-4-2-9)6-14(22-23-15)13-8-20-17(25)21-16(13)24/h1-4,6,8,10-11H,5H2,(H2,20,21,24,25)/t10-,11+/m1/s1. The first-order chi connectivity index (χ1) is 12.2. The zero-order chi connectivity index (χ0) is 17.4. The molecule has 4 rings (SSSR count). The number of aromatic amines is 2. The van der Waals surface area contributed by atoms with Crippen molar-refractivity contribution >= 4 is 0 Å². The lowest BCUT2D eigenvalue weighted by Crippen LogP contribution is -2.23. The van der Waals surface area contributed by atoms with Gasteiger partial charge in [0.1, 0.15) is 11.8 Å². The molecule has 1 saturated carbocycles. The predicted molar refractivity (Wildman–Crippen MR) is 87.8 cm³/mol. The molecule has 2 N–H and O–H groups in total. The van der Waals surface area contributed by atoms with Crippen LogP contribution in [0.2, 0.25) is 0 Å². The second-order valence-corrected chi connectivity index (χ2v) is 5.86. The summed E-state index contributed by atoms with van der Waals surface area (Å²) in [4.78, 5) is 31.7. The van der Waals surface area contributed by atoms with Gasteiger partial charge in [-0.15, -0.1) is 10.2 Å². The maximum absolute atomic E-state index is 12.0. The van der Waals surface area contributed by atoms with E-state index in [2.05, 4.69) is 31.2 Å². The van der Waals surface area contributed by atoms with Crippen LogP contribution in [0.25, 0.3) is 11.3 Å². The number of nitriles is 1. The van der Waals surface area contributed by atoms with Gasteiger partial charge < -0.3 is 4.98 Å². The first kappa shape index (κ1) is 15.0. The van der Waals surface area contributed by atoms with E-state index in [0.717, 1.165) is 17.5 Å². The number of aromatic nitrogens is 5. The predicted octanol–water partition coefficient (Wildman–Crippen LogP) is 1.06. The summed E-state index contributed by atoms with van der Waals surface area (Å²) in [6.07, 6.45) is 5.68. The molecule has 1 fully saturated rings. The van der Waals surface area contributed by atoms with Crippen molar-refractivity contribution in [3.05, 3.63) is 74.4 Å². The molecule has 0 bridgehead atoms. The van der Waals surface area contributed by atoms with Crippen LogP contribution in [0.4, 0.5) is 0 Å². The molecule has 1 aliphatic rings. The van der Waals surface area contributed by atoms with Crippen LogP contribution in [-0.4, -0.2) is 25.1 Å². The van der Waals surface area contributed by atoms with Crippen molar-refractivity contribution < 1.29 is 0 Å². The van der Waals surface area contributed by atoms with Gasteiger partial charge in [0, 0.05) is 18.6 Å². The van der Waals surface area contributed by atoms with Gasteiger partial charge in [0.25, 0.3) is 5.56 Å². The fourth-order valence-electron chi connectivity index (χ4n) is 3.03. The van der Waals surface area contributed by atoms with Crippen molar-refractivity contribution in [1.29, 1.82) is 5.26 Å². The SMILES string of the molecule is N#Cc1nnc(-c2c[nH]c(=O)[nH]c2=O)cc1[C@H]1C[C@@H]1c1ccncc1. The molecule has 25 heavy (non-hydrogen) atoms. The Balaban J connectivity index is 1.75. The molecule has 0 amide bonds. The van der Waals surface area contributed by atoms with Gasteiger partial charge in [-0.2, -0.15) is 5.26 Å². The zero-order valence-electron chi connectivity index (χ0n) is 12.9. The van der Waals surface area contributed by atoms with Crippen LogP contribution in [0.1, 0.15) is 35.1 Å². The van der Waals surface area contributed by atoms with Crippen LogP contribution >= 0.6 is 0 Å².